The summed E-state index contributed by atoms with van der Waals surface area (Å²) in [5.74, 6) is 1.87. The lowest BCUT2D eigenvalue weighted by atomic mass is 9.99. The molecule has 13 heavy (non-hydrogen) atoms. The Morgan fingerprint density at radius 3 is 3.31 bits per heavy atom. The molecular weight excluding hydrogens is 162 g/mol. The molecule has 0 saturated heterocycles. The molecule has 0 spiro atoms. The van der Waals surface area contributed by atoms with E-state index in [4.69, 9.17) is 0 Å². The highest BCUT2D eigenvalue weighted by Gasteiger charge is 2.18. The first-order chi connectivity index (χ1) is 6.33. The number of hydrogen-bond donors (Lipinski definition) is 1. The molecule has 0 fully saturated rings. The standard InChI is InChI=1S/C10H17N3/c1-8-4-3-5-13-9(8)6-12-10(13)7-11-2/h6,8,11H,3-5,7H2,1-2H3. The van der Waals surface area contributed by atoms with Crippen LogP contribution in [0.25, 0.3) is 0 Å². The smallest absolute Gasteiger partial charge is 0.122 e. The molecule has 0 radical (unpaired) electrons. The summed E-state index contributed by atoms with van der Waals surface area (Å²) in [5.41, 5.74) is 1.41. The Morgan fingerprint density at radius 1 is 1.69 bits per heavy atom. The molecule has 1 atom stereocenters. The van der Waals surface area contributed by atoms with Crippen LogP contribution in [0.2, 0.25) is 0 Å². The first kappa shape index (κ1) is 8.75. The number of nitrogens with zero attached hydrogens (tertiary/aromatic N) is 2. The van der Waals surface area contributed by atoms with Crippen molar-refractivity contribution in [2.75, 3.05) is 7.05 Å². The average Bonchev–Trinajstić information content (AvgIpc) is 2.51. The van der Waals surface area contributed by atoms with Crippen molar-refractivity contribution < 1.29 is 0 Å². The number of imidazole rings is 1. The second-order valence-corrected chi connectivity index (χ2v) is 3.82. The summed E-state index contributed by atoms with van der Waals surface area (Å²) < 4.78 is 2.37. The number of rotatable bonds is 2. The van der Waals surface area contributed by atoms with Gasteiger partial charge in [0.2, 0.25) is 0 Å². The lowest BCUT2D eigenvalue weighted by Gasteiger charge is -2.22. The highest BCUT2D eigenvalue weighted by molar-refractivity contribution is 5.12. The predicted molar refractivity (Wildman–Crippen MR) is 52.6 cm³/mol. The molecule has 1 aromatic heterocycles. The largest absolute Gasteiger partial charge is 0.331 e. The molecule has 1 aromatic rings. The summed E-state index contributed by atoms with van der Waals surface area (Å²) >= 11 is 0. The van der Waals surface area contributed by atoms with Crippen molar-refractivity contribution in [1.29, 1.82) is 0 Å². The van der Waals surface area contributed by atoms with Gasteiger partial charge in [0.15, 0.2) is 0 Å². The minimum atomic E-state index is 0.687. The van der Waals surface area contributed by atoms with Crippen molar-refractivity contribution in [3.8, 4) is 0 Å². The van der Waals surface area contributed by atoms with Gasteiger partial charge in [-0.3, -0.25) is 0 Å². The second-order valence-electron chi connectivity index (χ2n) is 3.82. The normalized spacial score (nSPS) is 21.5. The highest BCUT2D eigenvalue weighted by atomic mass is 15.1. The van der Waals surface area contributed by atoms with Crippen LogP contribution >= 0.6 is 0 Å². The maximum absolute atomic E-state index is 4.44. The lowest BCUT2D eigenvalue weighted by molar-refractivity contribution is 0.459. The SMILES string of the molecule is CNCc1ncc2n1CCCC2C. The summed E-state index contributed by atoms with van der Waals surface area (Å²) in [6.45, 7) is 4.32. The molecule has 72 valence electrons. The molecule has 0 bridgehead atoms. The molecule has 1 aliphatic rings. The number of aromatic nitrogens is 2. The van der Waals surface area contributed by atoms with Gasteiger partial charge in [-0.05, 0) is 25.8 Å². The van der Waals surface area contributed by atoms with Crippen LogP contribution in [0, 0.1) is 0 Å². The summed E-state index contributed by atoms with van der Waals surface area (Å²) in [6.07, 6.45) is 4.64. The molecule has 3 heteroatoms. The summed E-state index contributed by atoms with van der Waals surface area (Å²) in [4.78, 5) is 4.44. The van der Waals surface area contributed by atoms with E-state index in [2.05, 4.69) is 21.8 Å². The van der Waals surface area contributed by atoms with Crippen molar-refractivity contribution in [2.24, 2.45) is 0 Å². The Morgan fingerprint density at radius 2 is 2.54 bits per heavy atom. The van der Waals surface area contributed by atoms with Crippen LogP contribution in [0.1, 0.15) is 37.2 Å². The van der Waals surface area contributed by atoms with Gasteiger partial charge < -0.3 is 9.88 Å². The highest BCUT2D eigenvalue weighted by Crippen LogP contribution is 2.27. The molecule has 1 unspecified atom stereocenters. The predicted octanol–water partition coefficient (Wildman–Crippen LogP) is 1.50. The van der Waals surface area contributed by atoms with Gasteiger partial charge in [0.25, 0.3) is 0 Å². The number of hydrogen-bond acceptors (Lipinski definition) is 2. The van der Waals surface area contributed by atoms with Crippen LogP contribution in [0.5, 0.6) is 0 Å². The first-order valence-electron chi connectivity index (χ1n) is 5.02. The van der Waals surface area contributed by atoms with Gasteiger partial charge in [0.05, 0.1) is 6.54 Å². The van der Waals surface area contributed by atoms with Gasteiger partial charge in [-0.25, -0.2) is 4.98 Å². The van der Waals surface area contributed by atoms with E-state index >= 15 is 0 Å². The zero-order chi connectivity index (χ0) is 9.26. The molecule has 0 aromatic carbocycles. The summed E-state index contributed by atoms with van der Waals surface area (Å²) in [7, 11) is 1.97. The third kappa shape index (κ3) is 1.48. The monoisotopic (exact) mass is 179 g/mol. The van der Waals surface area contributed by atoms with Crippen molar-refractivity contribution in [3.05, 3.63) is 17.7 Å². The Bertz CT molecular complexity index is 290. The fourth-order valence-corrected chi connectivity index (χ4v) is 2.08. The van der Waals surface area contributed by atoms with Gasteiger partial charge in [-0.15, -0.1) is 0 Å². The zero-order valence-electron chi connectivity index (χ0n) is 8.38. The van der Waals surface area contributed by atoms with Crippen LogP contribution in [-0.4, -0.2) is 16.6 Å². The van der Waals surface area contributed by atoms with E-state index < -0.39 is 0 Å². The molecule has 1 aliphatic heterocycles. The van der Waals surface area contributed by atoms with Crippen LogP contribution in [0.15, 0.2) is 6.20 Å². The minimum absolute atomic E-state index is 0.687. The fourth-order valence-electron chi connectivity index (χ4n) is 2.08. The van der Waals surface area contributed by atoms with E-state index in [1.54, 1.807) is 0 Å². The Kier molecular flexibility index (Phi) is 2.36. The molecule has 2 heterocycles. The van der Waals surface area contributed by atoms with Crippen LogP contribution in [0.4, 0.5) is 0 Å². The molecular formula is C10H17N3. The van der Waals surface area contributed by atoms with Crippen LogP contribution < -0.4 is 5.32 Å². The van der Waals surface area contributed by atoms with E-state index in [9.17, 15) is 0 Å². The van der Waals surface area contributed by atoms with Crippen LogP contribution in [-0.2, 0) is 13.1 Å². The topological polar surface area (TPSA) is 29.9 Å². The first-order valence-corrected chi connectivity index (χ1v) is 5.02. The van der Waals surface area contributed by atoms with Gasteiger partial charge >= 0.3 is 0 Å². The quantitative estimate of drug-likeness (QED) is 0.745. The molecule has 0 aliphatic carbocycles. The third-order valence-electron chi connectivity index (χ3n) is 2.83. The Hall–Kier alpha value is -0.830. The molecule has 1 N–H and O–H groups in total. The van der Waals surface area contributed by atoms with E-state index in [0.717, 1.165) is 13.1 Å². The van der Waals surface area contributed by atoms with Gasteiger partial charge in [-0.1, -0.05) is 6.92 Å². The second kappa shape index (κ2) is 3.50. The summed E-state index contributed by atoms with van der Waals surface area (Å²) in [6, 6.07) is 0. The maximum atomic E-state index is 4.44. The summed E-state index contributed by atoms with van der Waals surface area (Å²) in [5, 5.41) is 3.15. The molecule has 0 saturated carbocycles. The third-order valence-corrected chi connectivity index (χ3v) is 2.83. The lowest BCUT2D eigenvalue weighted by Crippen LogP contribution is -2.18. The Labute approximate surface area is 79.2 Å². The number of nitrogens with one attached hydrogen (secondary N) is 1. The van der Waals surface area contributed by atoms with E-state index in [0.29, 0.717) is 5.92 Å². The maximum Gasteiger partial charge on any atom is 0.122 e. The van der Waals surface area contributed by atoms with Crippen LogP contribution in [0.3, 0.4) is 0 Å². The van der Waals surface area contributed by atoms with Crippen molar-refractivity contribution >= 4 is 0 Å². The van der Waals surface area contributed by atoms with Crippen molar-refractivity contribution in [3.63, 3.8) is 0 Å². The zero-order valence-corrected chi connectivity index (χ0v) is 8.38. The fraction of sp³-hybridized carbons (Fsp3) is 0.700. The van der Waals surface area contributed by atoms with E-state index in [-0.39, 0.29) is 0 Å². The van der Waals surface area contributed by atoms with Gasteiger partial charge in [-0.2, -0.15) is 0 Å². The average molecular weight is 179 g/mol. The number of fused-ring (bicyclic) bond motifs is 1. The van der Waals surface area contributed by atoms with Gasteiger partial charge in [0, 0.05) is 18.4 Å². The van der Waals surface area contributed by atoms with Gasteiger partial charge in [0.1, 0.15) is 5.82 Å². The van der Waals surface area contributed by atoms with Crippen molar-refractivity contribution in [1.82, 2.24) is 14.9 Å². The minimum Gasteiger partial charge on any atom is -0.331 e. The Balaban J connectivity index is 2.30. The molecule has 3 nitrogen and oxygen atoms in total. The van der Waals surface area contributed by atoms with E-state index in [1.807, 2.05) is 13.2 Å². The van der Waals surface area contributed by atoms with E-state index in [1.165, 1.54) is 24.4 Å². The molecule has 2 rings (SSSR count). The van der Waals surface area contributed by atoms with Crippen molar-refractivity contribution in [2.45, 2.75) is 38.8 Å². The molecule has 0 amide bonds.